The van der Waals surface area contributed by atoms with Crippen LogP contribution in [0.4, 0.5) is 4.39 Å². The van der Waals surface area contributed by atoms with Gasteiger partial charge < -0.3 is 5.73 Å². The highest BCUT2D eigenvalue weighted by atomic mass is 35.5. The number of hydrogen-bond acceptors (Lipinski definition) is 3. The average molecular weight is 306 g/mol. The van der Waals surface area contributed by atoms with Crippen molar-refractivity contribution in [2.45, 2.75) is 42.9 Å². The molecule has 0 spiro atoms. The minimum Gasteiger partial charge on any atom is -0.326 e. The fourth-order valence-electron chi connectivity index (χ4n) is 2.54. The van der Waals surface area contributed by atoms with Crippen LogP contribution in [-0.2, 0) is 9.84 Å². The summed E-state index contributed by atoms with van der Waals surface area (Å²) in [6, 6.07) is 3.04. The Labute approximate surface area is 117 Å². The Bertz CT molecular complexity index is 601. The first-order valence-electron chi connectivity index (χ1n) is 6.11. The molecule has 0 saturated heterocycles. The molecule has 1 aromatic carbocycles. The van der Waals surface area contributed by atoms with Crippen LogP contribution in [0.3, 0.4) is 0 Å². The van der Waals surface area contributed by atoms with Gasteiger partial charge in [-0.15, -0.1) is 0 Å². The van der Waals surface area contributed by atoms with E-state index in [9.17, 15) is 12.8 Å². The summed E-state index contributed by atoms with van der Waals surface area (Å²) in [5, 5.41) is -0.823. The topological polar surface area (TPSA) is 60.2 Å². The van der Waals surface area contributed by atoms with Crippen LogP contribution >= 0.6 is 11.6 Å². The summed E-state index contributed by atoms with van der Waals surface area (Å²) in [6.07, 6.45) is 1.28. The molecule has 1 aromatic rings. The number of nitrogens with two attached hydrogens (primary N) is 1. The minimum atomic E-state index is -3.57. The highest BCUT2D eigenvalue weighted by Gasteiger charge is 2.46. The Kier molecular flexibility index (Phi) is 3.66. The number of halogens is 2. The Morgan fingerprint density at radius 2 is 2.05 bits per heavy atom. The molecule has 2 unspecified atom stereocenters. The van der Waals surface area contributed by atoms with E-state index < -0.39 is 26.9 Å². The lowest BCUT2D eigenvalue weighted by atomic mass is 9.88. The molecule has 1 aliphatic rings. The van der Waals surface area contributed by atoms with Gasteiger partial charge >= 0.3 is 0 Å². The molecule has 0 heterocycles. The Morgan fingerprint density at radius 3 is 2.53 bits per heavy atom. The highest BCUT2D eigenvalue weighted by molar-refractivity contribution is 7.92. The van der Waals surface area contributed by atoms with Gasteiger partial charge in [0.1, 0.15) is 5.82 Å². The van der Waals surface area contributed by atoms with Gasteiger partial charge in [0.25, 0.3) is 0 Å². The third-order valence-electron chi connectivity index (χ3n) is 3.99. The van der Waals surface area contributed by atoms with Crippen molar-refractivity contribution in [3.63, 3.8) is 0 Å². The monoisotopic (exact) mass is 305 g/mol. The molecule has 0 aliphatic heterocycles. The summed E-state index contributed by atoms with van der Waals surface area (Å²) in [5.74, 6) is -0.628. The first kappa shape index (κ1) is 14.8. The predicted molar refractivity (Wildman–Crippen MR) is 73.4 cm³/mol. The molecule has 3 nitrogen and oxygen atoms in total. The van der Waals surface area contributed by atoms with Crippen molar-refractivity contribution in [3.05, 3.63) is 29.0 Å². The van der Waals surface area contributed by atoms with Crippen LogP contribution in [0.2, 0.25) is 5.02 Å². The molecular formula is C13H17ClFNO2S. The fraction of sp³-hybridized carbons (Fsp3) is 0.538. The van der Waals surface area contributed by atoms with E-state index >= 15 is 0 Å². The summed E-state index contributed by atoms with van der Waals surface area (Å²) in [5.41, 5.74) is 5.86. The van der Waals surface area contributed by atoms with Crippen LogP contribution in [0.1, 0.15) is 26.7 Å². The molecule has 1 fully saturated rings. The molecule has 106 valence electrons. The number of rotatable bonds is 2. The maximum absolute atomic E-state index is 13.1. The van der Waals surface area contributed by atoms with Gasteiger partial charge in [-0.3, -0.25) is 0 Å². The second-order valence-corrected chi connectivity index (χ2v) is 8.29. The molecule has 2 atom stereocenters. The first-order chi connectivity index (χ1) is 8.66. The molecule has 6 heteroatoms. The van der Waals surface area contributed by atoms with E-state index in [1.807, 2.05) is 13.8 Å². The summed E-state index contributed by atoms with van der Waals surface area (Å²) in [4.78, 5) is 0.0389. The van der Waals surface area contributed by atoms with Crippen LogP contribution in [0.15, 0.2) is 23.1 Å². The van der Waals surface area contributed by atoms with E-state index in [4.69, 9.17) is 17.3 Å². The number of sulfone groups is 1. The van der Waals surface area contributed by atoms with E-state index in [1.165, 1.54) is 6.07 Å². The molecule has 2 rings (SSSR count). The lowest BCUT2D eigenvalue weighted by Gasteiger charge is -2.26. The van der Waals surface area contributed by atoms with Crippen molar-refractivity contribution in [2.24, 2.45) is 11.1 Å². The number of hydrogen-bond donors (Lipinski definition) is 1. The Balaban J connectivity index is 2.41. The van der Waals surface area contributed by atoms with Crippen molar-refractivity contribution >= 4 is 21.4 Å². The van der Waals surface area contributed by atoms with Gasteiger partial charge in [0.2, 0.25) is 0 Å². The molecular weight excluding hydrogens is 289 g/mol. The van der Waals surface area contributed by atoms with E-state index in [-0.39, 0.29) is 15.3 Å². The van der Waals surface area contributed by atoms with Gasteiger partial charge in [0.15, 0.2) is 9.84 Å². The number of benzene rings is 1. The minimum absolute atomic E-state index is 0.0389. The Morgan fingerprint density at radius 1 is 1.42 bits per heavy atom. The van der Waals surface area contributed by atoms with Crippen LogP contribution < -0.4 is 5.73 Å². The second-order valence-electron chi connectivity index (χ2n) is 5.71. The largest absolute Gasteiger partial charge is 0.326 e. The Hall–Kier alpha value is -0.650. The quantitative estimate of drug-likeness (QED) is 0.855. The van der Waals surface area contributed by atoms with Crippen molar-refractivity contribution < 1.29 is 12.8 Å². The van der Waals surface area contributed by atoms with Crippen LogP contribution in [0.5, 0.6) is 0 Å². The highest BCUT2D eigenvalue weighted by Crippen LogP contribution is 2.41. The van der Waals surface area contributed by atoms with E-state index in [1.54, 1.807) is 0 Å². The molecule has 19 heavy (non-hydrogen) atoms. The molecule has 0 aromatic heterocycles. The van der Waals surface area contributed by atoms with E-state index in [0.717, 1.165) is 18.6 Å². The van der Waals surface area contributed by atoms with Crippen LogP contribution in [0.25, 0.3) is 0 Å². The zero-order valence-corrected chi connectivity index (χ0v) is 12.4. The smallest absolute Gasteiger partial charge is 0.182 e. The lowest BCUT2D eigenvalue weighted by molar-refractivity contribution is 0.332. The molecule has 1 saturated carbocycles. The third-order valence-corrected chi connectivity index (χ3v) is 6.52. The molecule has 0 bridgehead atoms. The molecule has 1 aliphatic carbocycles. The fourth-order valence-corrected chi connectivity index (χ4v) is 4.86. The molecule has 2 N–H and O–H groups in total. The van der Waals surface area contributed by atoms with Crippen molar-refractivity contribution in [2.75, 3.05) is 0 Å². The second kappa shape index (κ2) is 4.72. The van der Waals surface area contributed by atoms with Crippen LogP contribution in [-0.4, -0.2) is 19.7 Å². The van der Waals surface area contributed by atoms with Gasteiger partial charge in [-0.25, -0.2) is 12.8 Å². The maximum atomic E-state index is 13.1. The van der Waals surface area contributed by atoms with Gasteiger partial charge in [-0.1, -0.05) is 25.4 Å². The van der Waals surface area contributed by atoms with E-state index in [0.29, 0.717) is 6.42 Å². The van der Waals surface area contributed by atoms with E-state index in [2.05, 4.69) is 0 Å². The SMILES string of the molecule is CC1(C)CCC(S(=O)(=O)c2ccc(F)c(Cl)c2)C1N. The summed E-state index contributed by atoms with van der Waals surface area (Å²) >= 11 is 5.65. The van der Waals surface area contributed by atoms with Gasteiger partial charge in [-0.05, 0) is 36.5 Å². The maximum Gasteiger partial charge on any atom is 0.182 e. The van der Waals surface area contributed by atoms with Gasteiger partial charge in [-0.2, -0.15) is 0 Å². The standard InChI is InChI=1S/C13H17ClFNO2S/c1-13(2)6-5-11(12(13)16)19(17,18)8-3-4-10(15)9(14)7-8/h3-4,7,11-12H,5-6,16H2,1-2H3. The van der Waals surface area contributed by atoms with Gasteiger partial charge in [0.05, 0.1) is 15.2 Å². The molecule has 0 amide bonds. The van der Waals surface area contributed by atoms with Crippen molar-refractivity contribution in [1.82, 2.24) is 0 Å². The van der Waals surface area contributed by atoms with Crippen molar-refractivity contribution in [3.8, 4) is 0 Å². The summed E-state index contributed by atoms with van der Waals surface area (Å²) in [6.45, 7) is 3.93. The third kappa shape index (κ3) is 2.51. The zero-order chi connectivity index (χ0) is 14.4. The predicted octanol–water partition coefficient (Wildman–Crippen LogP) is 2.77. The molecule has 0 radical (unpaired) electrons. The average Bonchev–Trinajstić information content (AvgIpc) is 2.58. The lowest BCUT2D eigenvalue weighted by Crippen LogP contribution is -2.43. The summed E-state index contributed by atoms with van der Waals surface area (Å²) < 4.78 is 38.2. The first-order valence-corrected chi connectivity index (χ1v) is 8.03. The van der Waals surface area contributed by atoms with Crippen LogP contribution in [0, 0.1) is 11.2 Å². The summed E-state index contributed by atoms with van der Waals surface area (Å²) in [7, 11) is -3.57. The van der Waals surface area contributed by atoms with Crippen molar-refractivity contribution in [1.29, 1.82) is 0 Å². The zero-order valence-electron chi connectivity index (χ0n) is 10.9. The van der Waals surface area contributed by atoms with Gasteiger partial charge in [0, 0.05) is 6.04 Å². The normalized spacial score (nSPS) is 26.6.